The van der Waals surface area contributed by atoms with E-state index in [1.165, 1.54) is 25.1 Å². The fourth-order valence-corrected chi connectivity index (χ4v) is 6.17. The lowest BCUT2D eigenvalue weighted by atomic mass is 9.55. The zero-order valence-electron chi connectivity index (χ0n) is 21.2. The summed E-state index contributed by atoms with van der Waals surface area (Å²) in [5, 5.41) is 45.3. The molecule has 38 heavy (non-hydrogen) atoms. The molecule has 3 aliphatic rings. The average Bonchev–Trinajstić information content (AvgIpc) is 2.81. The molecule has 11 heteroatoms. The molecule has 0 saturated heterocycles. The van der Waals surface area contributed by atoms with Crippen LogP contribution in [0.1, 0.15) is 41.3 Å². The van der Waals surface area contributed by atoms with Crippen molar-refractivity contribution in [3.63, 3.8) is 0 Å². The number of likely N-dealkylation sites (N-methyl/N-ethyl adjacent to an activating group) is 1. The summed E-state index contributed by atoms with van der Waals surface area (Å²) in [4.78, 5) is 53.3. The van der Waals surface area contributed by atoms with Gasteiger partial charge < -0.3 is 30.9 Å². The lowest BCUT2D eigenvalue weighted by Crippen LogP contribution is -2.69. The Morgan fingerprint density at radius 2 is 1.84 bits per heavy atom. The Bertz CT molecular complexity index is 1420. The number of aromatic hydroxyl groups is 1. The standard InChI is InChI=1S/C27H28N2O9/c1-6-7-12-8-9-13-10(2)14-16(21(32)15(13)20(12)31)24(34)27(37)18(23(14)38-11(3)30)19(29(4)5)22(33)17(25(27)35)26(28)36/h7-10,14,18-19,23,31,33-34,37H,1H2,2-5H3,(H2,28,36). The molecule has 6 N–H and O–H groups in total. The number of hydrogen-bond acceptors (Lipinski definition) is 10. The van der Waals surface area contributed by atoms with Gasteiger partial charge in [0.25, 0.3) is 5.91 Å². The van der Waals surface area contributed by atoms with E-state index in [0.717, 1.165) is 6.92 Å². The quantitative estimate of drug-likeness (QED) is 0.216. The number of hydrogen-bond donors (Lipinski definition) is 5. The molecule has 0 bridgehead atoms. The number of aliphatic hydroxyl groups excluding tert-OH is 2. The topological polar surface area (TPSA) is 188 Å². The van der Waals surface area contributed by atoms with Gasteiger partial charge in [-0.1, -0.05) is 25.6 Å². The summed E-state index contributed by atoms with van der Waals surface area (Å²) < 4.78 is 5.63. The summed E-state index contributed by atoms with van der Waals surface area (Å²) in [6, 6.07) is 1.81. The van der Waals surface area contributed by atoms with Gasteiger partial charge in [0.2, 0.25) is 5.78 Å². The van der Waals surface area contributed by atoms with Gasteiger partial charge in [-0.3, -0.25) is 24.1 Å². The van der Waals surface area contributed by atoms with Crippen LogP contribution in [-0.2, 0) is 19.1 Å². The molecule has 1 aromatic carbocycles. The zero-order chi connectivity index (χ0) is 28.4. The van der Waals surface area contributed by atoms with Crippen LogP contribution in [-0.4, -0.2) is 80.6 Å². The number of carbonyl (C=O) groups excluding carboxylic acids is 4. The maximum absolute atomic E-state index is 13.9. The van der Waals surface area contributed by atoms with Gasteiger partial charge in [-0.15, -0.1) is 5.73 Å². The second kappa shape index (κ2) is 8.98. The van der Waals surface area contributed by atoms with Crippen molar-refractivity contribution in [3.8, 4) is 5.75 Å². The van der Waals surface area contributed by atoms with E-state index in [4.69, 9.17) is 10.5 Å². The van der Waals surface area contributed by atoms with Crippen molar-refractivity contribution >= 4 is 29.5 Å². The summed E-state index contributed by atoms with van der Waals surface area (Å²) in [7, 11) is 2.96. The maximum atomic E-state index is 13.9. The number of Topliss-reactive ketones (excluding diaryl/α,β-unsaturated/α-hetero) is 2. The molecule has 0 aromatic heterocycles. The second-order valence-electron chi connectivity index (χ2n) is 9.95. The molecule has 0 spiro atoms. The van der Waals surface area contributed by atoms with E-state index >= 15 is 0 Å². The lowest BCUT2D eigenvalue weighted by molar-refractivity contribution is -0.179. The van der Waals surface area contributed by atoms with E-state index in [-0.39, 0.29) is 11.1 Å². The van der Waals surface area contributed by atoms with Crippen LogP contribution in [0.2, 0.25) is 0 Å². The molecule has 11 nitrogen and oxygen atoms in total. The van der Waals surface area contributed by atoms with Crippen molar-refractivity contribution in [1.29, 1.82) is 0 Å². The Kier molecular flexibility index (Phi) is 6.35. The van der Waals surface area contributed by atoms with Crippen LogP contribution in [0.4, 0.5) is 0 Å². The molecule has 6 atom stereocenters. The summed E-state index contributed by atoms with van der Waals surface area (Å²) in [6.45, 7) is 6.23. The first-order valence-corrected chi connectivity index (χ1v) is 11.7. The highest BCUT2D eigenvalue weighted by Gasteiger charge is 2.68. The van der Waals surface area contributed by atoms with Crippen molar-refractivity contribution in [2.45, 2.75) is 37.5 Å². The number of ketones is 2. The van der Waals surface area contributed by atoms with Crippen LogP contribution in [0, 0.1) is 11.8 Å². The molecule has 4 rings (SSSR count). The van der Waals surface area contributed by atoms with Gasteiger partial charge in [0.15, 0.2) is 11.4 Å². The molecular weight excluding hydrogens is 496 g/mol. The van der Waals surface area contributed by atoms with E-state index in [9.17, 15) is 39.6 Å². The SMILES string of the molecule is C=C=Cc1ccc2c(c1O)C(=O)C1=C(O)C3(O)C(=O)C(C(N)=O)=C(O)C(N(C)C)C3C(OC(C)=O)C1C2C. The molecule has 0 radical (unpaired) electrons. The highest BCUT2D eigenvalue weighted by atomic mass is 16.5. The van der Waals surface area contributed by atoms with Gasteiger partial charge >= 0.3 is 5.97 Å². The number of nitrogens with two attached hydrogens (primary N) is 1. The largest absolute Gasteiger partial charge is 0.510 e. The fourth-order valence-electron chi connectivity index (χ4n) is 6.17. The van der Waals surface area contributed by atoms with Crippen LogP contribution in [0.5, 0.6) is 5.75 Å². The van der Waals surface area contributed by atoms with Crippen LogP contribution >= 0.6 is 0 Å². The van der Waals surface area contributed by atoms with E-state index < -0.39 is 87.4 Å². The Balaban J connectivity index is 2.12. The molecule has 6 unspecified atom stereocenters. The second-order valence-corrected chi connectivity index (χ2v) is 9.95. The summed E-state index contributed by atoms with van der Waals surface area (Å²) in [5.74, 6) is -10.1. The summed E-state index contributed by atoms with van der Waals surface area (Å²) in [5.41, 5.74) is 3.89. The highest BCUT2D eigenvalue weighted by Crippen LogP contribution is 2.56. The number of amides is 1. The third kappa shape index (κ3) is 3.43. The van der Waals surface area contributed by atoms with Gasteiger partial charge in [-0.2, -0.15) is 0 Å². The zero-order valence-corrected chi connectivity index (χ0v) is 21.2. The minimum Gasteiger partial charge on any atom is -0.510 e. The first-order chi connectivity index (χ1) is 17.7. The number of benzene rings is 1. The van der Waals surface area contributed by atoms with Crippen molar-refractivity contribution < 1.29 is 44.3 Å². The molecule has 0 heterocycles. The van der Waals surface area contributed by atoms with Crippen LogP contribution in [0.15, 0.2) is 47.1 Å². The number of rotatable bonds is 4. The Morgan fingerprint density at radius 1 is 1.21 bits per heavy atom. The van der Waals surface area contributed by atoms with Crippen molar-refractivity contribution in [1.82, 2.24) is 4.90 Å². The van der Waals surface area contributed by atoms with Crippen LogP contribution in [0.25, 0.3) is 6.08 Å². The first-order valence-electron chi connectivity index (χ1n) is 11.7. The normalized spacial score (nSPS) is 30.3. The fraction of sp³-hybridized carbons (Fsp3) is 0.370. The minimum atomic E-state index is -2.97. The van der Waals surface area contributed by atoms with Gasteiger partial charge in [0.1, 0.15) is 28.9 Å². The third-order valence-corrected chi connectivity index (χ3v) is 7.69. The number of phenols is 1. The first kappa shape index (κ1) is 26.9. The number of phenolic OH excluding ortho intramolecular Hbond substituents is 1. The third-order valence-electron chi connectivity index (χ3n) is 7.69. The number of nitrogens with zero attached hydrogens (tertiary/aromatic N) is 1. The number of carbonyl (C=O) groups is 4. The molecule has 0 fully saturated rings. The average molecular weight is 525 g/mol. The van der Waals surface area contributed by atoms with Crippen molar-refractivity contribution in [2.24, 2.45) is 17.6 Å². The maximum Gasteiger partial charge on any atom is 0.302 e. The number of aliphatic hydroxyl groups is 3. The number of esters is 1. The highest BCUT2D eigenvalue weighted by molar-refractivity contribution is 6.25. The molecule has 3 aliphatic carbocycles. The summed E-state index contributed by atoms with van der Waals surface area (Å²) in [6.07, 6.45) is -0.0858. The molecule has 1 aromatic rings. The van der Waals surface area contributed by atoms with Crippen LogP contribution < -0.4 is 5.73 Å². The van der Waals surface area contributed by atoms with Gasteiger partial charge in [0, 0.05) is 24.0 Å². The molecule has 1 amide bonds. The molecular formula is C27H28N2O9. The van der Waals surface area contributed by atoms with Crippen LogP contribution in [0.3, 0.4) is 0 Å². The Hall–Kier alpha value is -4.18. The van der Waals surface area contributed by atoms with Gasteiger partial charge in [0.05, 0.1) is 17.5 Å². The molecule has 0 aliphatic heterocycles. The Labute approximate surface area is 217 Å². The van der Waals surface area contributed by atoms with E-state index in [1.54, 1.807) is 19.1 Å². The number of primary amides is 1. The molecule has 200 valence electrons. The van der Waals surface area contributed by atoms with E-state index in [0.29, 0.717) is 5.56 Å². The Morgan fingerprint density at radius 3 is 2.37 bits per heavy atom. The molecule has 0 saturated carbocycles. The smallest absolute Gasteiger partial charge is 0.302 e. The number of ether oxygens (including phenoxy) is 1. The van der Waals surface area contributed by atoms with Gasteiger partial charge in [-0.05, 0) is 31.7 Å². The predicted molar refractivity (Wildman–Crippen MR) is 133 cm³/mol. The predicted octanol–water partition coefficient (Wildman–Crippen LogP) is 1.02. The number of fused-ring (bicyclic) bond motifs is 3. The van der Waals surface area contributed by atoms with Crippen molar-refractivity contribution in [2.75, 3.05) is 14.1 Å². The van der Waals surface area contributed by atoms with Crippen molar-refractivity contribution in [3.05, 3.63) is 63.8 Å². The van der Waals surface area contributed by atoms with E-state index in [1.807, 2.05) is 0 Å². The van der Waals surface area contributed by atoms with Gasteiger partial charge in [-0.25, -0.2) is 0 Å². The van der Waals surface area contributed by atoms with E-state index in [2.05, 4.69) is 12.3 Å². The lowest BCUT2D eigenvalue weighted by Gasteiger charge is -2.54. The minimum absolute atomic E-state index is 0.177. The summed E-state index contributed by atoms with van der Waals surface area (Å²) >= 11 is 0. The monoisotopic (exact) mass is 524 g/mol.